The second-order valence-corrected chi connectivity index (χ2v) is 5.26. The highest BCUT2D eigenvalue weighted by Crippen LogP contribution is 2.17. The zero-order valence-electron chi connectivity index (χ0n) is 11.3. The normalized spacial score (nSPS) is 11.1. The first-order valence-electron chi connectivity index (χ1n) is 6.29. The molecule has 0 aliphatic heterocycles. The molecule has 8 nitrogen and oxygen atoms in total. The Morgan fingerprint density at radius 1 is 1.41 bits per heavy atom. The number of hydrogen-bond donors (Lipinski definition) is 1. The molecule has 2 rings (SSSR count). The first kappa shape index (κ1) is 15.9. The molecule has 118 valence electrons. The summed E-state index contributed by atoms with van der Waals surface area (Å²) in [4.78, 5) is 15.4. The number of nitrogens with one attached hydrogen (secondary N) is 1. The van der Waals surface area contributed by atoms with Gasteiger partial charge in [-0.05, 0) is 12.5 Å². The number of halogens is 1. The predicted octanol–water partition coefficient (Wildman–Crippen LogP) is 1.29. The highest BCUT2D eigenvalue weighted by Gasteiger charge is 2.11. The maximum absolute atomic E-state index is 12.4. The highest BCUT2D eigenvalue weighted by atomic mass is 32.3. The van der Waals surface area contributed by atoms with Gasteiger partial charge in [-0.15, -0.1) is 0 Å². The molecule has 2 aromatic rings. The van der Waals surface area contributed by atoms with Crippen LogP contribution in [0.4, 0.5) is 9.57 Å². The molecule has 0 atom stereocenters. The molecule has 2 heterocycles. The van der Waals surface area contributed by atoms with Gasteiger partial charge in [0.2, 0.25) is 5.91 Å². The molecule has 0 aromatic carbocycles. The SMILES string of the molecule is O=C(CCCn1cccn1)Nc1cncc(OS(=O)(=O)F)c1. The third kappa shape index (κ3) is 5.48. The van der Waals surface area contributed by atoms with Gasteiger partial charge < -0.3 is 9.50 Å². The van der Waals surface area contributed by atoms with E-state index in [1.54, 1.807) is 23.1 Å². The minimum Gasteiger partial charge on any atom is -0.357 e. The second-order valence-electron chi connectivity index (χ2n) is 4.31. The zero-order valence-corrected chi connectivity index (χ0v) is 12.2. The largest absolute Gasteiger partial charge is 0.488 e. The molecule has 0 aliphatic rings. The Morgan fingerprint density at radius 3 is 2.91 bits per heavy atom. The first-order chi connectivity index (χ1) is 10.4. The second kappa shape index (κ2) is 6.98. The van der Waals surface area contributed by atoms with Crippen molar-refractivity contribution in [1.29, 1.82) is 0 Å². The molecular weight excluding hydrogens is 315 g/mol. The average Bonchev–Trinajstić information content (AvgIpc) is 2.90. The van der Waals surface area contributed by atoms with Crippen LogP contribution in [0.2, 0.25) is 0 Å². The van der Waals surface area contributed by atoms with Gasteiger partial charge in [0.05, 0.1) is 18.1 Å². The maximum atomic E-state index is 12.4. The Morgan fingerprint density at radius 2 is 2.23 bits per heavy atom. The van der Waals surface area contributed by atoms with Gasteiger partial charge in [0.1, 0.15) is 0 Å². The first-order valence-corrected chi connectivity index (χ1v) is 7.60. The van der Waals surface area contributed by atoms with Crippen LogP contribution in [-0.4, -0.2) is 29.1 Å². The van der Waals surface area contributed by atoms with Crippen LogP contribution in [0.5, 0.6) is 5.75 Å². The van der Waals surface area contributed by atoms with Gasteiger partial charge in [-0.2, -0.15) is 13.5 Å². The molecule has 10 heteroatoms. The van der Waals surface area contributed by atoms with Crippen LogP contribution in [-0.2, 0) is 21.8 Å². The van der Waals surface area contributed by atoms with Gasteiger partial charge in [0.15, 0.2) is 5.75 Å². The smallest absolute Gasteiger partial charge is 0.357 e. The summed E-state index contributed by atoms with van der Waals surface area (Å²) in [7, 11) is -5.12. The minimum absolute atomic E-state index is 0.213. The molecule has 1 N–H and O–H groups in total. The van der Waals surface area contributed by atoms with Crippen LogP contribution in [0, 0.1) is 0 Å². The standard InChI is InChI=1S/C12H13FN4O4S/c13-22(19,20)21-11-7-10(8-14-9-11)16-12(18)3-1-5-17-6-2-4-15-17/h2,4,6-9H,1,3,5H2,(H,16,18). The van der Waals surface area contributed by atoms with Crippen molar-refractivity contribution in [2.75, 3.05) is 5.32 Å². The molecular formula is C12H13FN4O4S. The Labute approximate surface area is 126 Å². The molecule has 0 aliphatic carbocycles. The van der Waals surface area contributed by atoms with E-state index in [1.807, 2.05) is 0 Å². The minimum atomic E-state index is -5.12. The number of amides is 1. The van der Waals surface area contributed by atoms with E-state index >= 15 is 0 Å². The molecule has 0 saturated carbocycles. The van der Waals surface area contributed by atoms with Gasteiger partial charge in [-0.1, -0.05) is 3.89 Å². The van der Waals surface area contributed by atoms with Crippen molar-refractivity contribution in [1.82, 2.24) is 14.8 Å². The summed E-state index contributed by atoms with van der Waals surface area (Å²) >= 11 is 0. The summed E-state index contributed by atoms with van der Waals surface area (Å²) in [5, 5.41) is 6.53. The lowest BCUT2D eigenvalue weighted by molar-refractivity contribution is -0.116. The number of rotatable bonds is 7. The Bertz CT molecular complexity index is 733. The molecule has 0 bridgehead atoms. The molecule has 1 amide bonds. The summed E-state index contributed by atoms with van der Waals surface area (Å²) in [5.74, 6) is -0.606. The van der Waals surface area contributed by atoms with E-state index in [2.05, 4.69) is 19.6 Å². The van der Waals surface area contributed by atoms with E-state index < -0.39 is 10.5 Å². The van der Waals surface area contributed by atoms with Gasteiger partial charge in [0.25, 0.3) is 0 Å². The summed E-state index contributed by atoms with van der Waals surface area (Å²) in [5.41, 5.74) is 0.213. The number of carbonyl (C=O) groups excluding carboxylic acids is 1. The van der Waals surface area contributed by atoms with Crippen LogP contribution >= 0.6 is 0 Å². The topological polar surface area (TPSA) is 103 Å². The van der Waals surface area contributed by atoms with Crippen LogP contribution < -0.4 is 9.50 Å². The molecule has 0 unspecified atom stereocenters. The number of nitrogens with zero attached hydrogens (tertiary/aromatic N) is 3. The average molecular weight is 328 g/mol. The van der Waals surface area contributed by atoms with Gasteiger partial charge in [0, 0.05) is 31.4 Å². The van der Waals surface area contributed by atoms with Gasteiger partial charge in [-0.25, -0.2) is 0 Å². The third-order valence-electron chi connectivity index (χ3n) is 2.54. The maximum Gasteiger partial charge on any atom is 0.488 e. The van der Waals surface area contributed by atoms with Crippen LogP contribution in [0.3, 0.4) is 0 Å². The number of carbonyl (C=O) groups is 1. The highest BCUT2D eigenvalue weighted by molar-refractivity contribution is 7.81. The summed E-state index contributed by atoms with van der Waals surface area (Å²) in [6.45, 7) is 0.599. The van der Waals surface area contributed by atoms with Crippen LogP contribution in [0.1, 0.15) is 12.8 Å². The molecule has 2 aromatic heterocycles. The fourth-order valence-corrected chi connectivity index (χ4v) is 2.03. The van der Waals surface area contributed by atoms with Gasteiger partial charge in [-0.3, -0.25) is 14.5 Å². The lowest BCUT2D eigenvalue weighted by Crippen LogP contribution is -2.13. The third-order valence-corrected chi connectivity index (χ3v) is 2.93. The van der Waals surface area contributed by atoms with Crippen molar-refractivity contribution in [2.24, 2.45) is 0 Å². The van der Waals surface area contributed by atoms with E-state index in [1.165, 1.54) is 6.20 Å². The lowest BCUT2D eigenvalue weighted by Gasteiger charge is -2.06. The molecule has 0 radical (unpaired) electrons. The van der Waals surface area contributed by atoms with Crippen molar-refractivity contribution in [3.63, 3.8) is 0 Å². The Kier molecular flexibility index (Phi) is 5.04. The Balaban J connectivity index is 1.84. The van der Waals surface area contributed by atoms with E-state index in [-0.39, 0.29) is 23.8 Å². The van der Waals surface area contributed by atoms with E-state index in [9.17, 15) is 17.1 Å². The summed E-state index contributed by atoms with van der Waals surface area (Å²) < 4.78 is 38.9. The van der Waals surface area contributed by atoms with Crippen molar-refractivity contribution in [3.8, 4) is 5.75 Å². The number of anilines is 1. The van der Waals surface area contributed by atoms with Crippen molar-refractivity contribution < 1.29 is 21.3 Å². The van der Waals surface area contributed by atoms with Gasteiger partial charge >= 0.3 is 10.5 Å². The van der Waals surface area contributed by atoms with Crippen molar-refractivity contribution in [3.05, 3.63) is 36.9 Å². The van der Waals surface area contributed by atoms with E-state index in [0.29, 0.717) is 13.0 Å². The van der Waals surface area contributed by atoms with Crippen molar-refractivity contribution in [2.45, 2.75) is 19.4 Å². The van der Waals surface area contributed by atoms with Crippen LogP contribution in [0.25, 0.3) is 0 Å². The summed E-state index contributed by atoms with van der Waals surface area (Å²) in [6, 6.07) is 2.95. The fraction of sp³-hybridized carbons (Fsp3) is 0.250. The number of aryl methyl sites for hydroxylation is 1. The summed E-state index contributed by atoms with van der Waals surface area (Å²) in [6.07, 6.45) is 6.58. The quantitative estimate of drug-likeness (QED) is 0.768. The molecule has 0 spiro atoms. The monoisotopic (exact) mass is 328 g/mol. The number of hydrogen-bond acceptors (Lipinski definition) is 6. The molecule has 22 heavy (non-hydrogen) atoms. The van der Waals surface area contributed by atoms with E-state index in [0.717, 1.165) is 12.3 Å². The predicted molar refractivity (Wildman–Crippen MR) is 75.0 cm³/mol. The lowest BCUT2D eigenvalue weighted by atomic mass is 10.3. The fourth-order valence-electron chi connectivity index (χ4n) is 1.71. The zero-order chi connectivity index (χ0) is 16.0. The molecule has 0 fully saturated rings. The number of aromatic nitrogens is 3. The Hall–Kier alpha value is -2.49. The number of pyridine rings is 1. The van der Waals surface area contributed by atoms with Crippen molar-refractivity contribution >= 4 is 22.1 Å². The van der Waals surface area contributed by atoms with Crippen LogP contribution in [0.15, 0.2) is 36.9 Å². The molecule has 0 saturated heterocycles. The van der Waals surface area contributed by atoms with E-state index in [4.69, 9.17) is 0 Å².